The minimum absolute atomic E-state index is 0.0762. The minimum atomic E-state index is -3.19. The summed E-state index contributed by atoms with van der Waals surface area (Å²) in [6.45, 7) is 0.394. The second-order valence-electron chi connectivity index (χ2n) is 4.32. The molecule has 17 heavy (non-hydrogen) atoms. The quantitative estimate of drug-likeness (QED) is 0.724. The first-order valence-electron chi connectivity index (χ1n) is 5.35. The van der Waals surface area contributed by atoms with E-state index in [0.29, 0.717) is 23.4 Å². The van der Waals surface area contributed by atoms with Crippen molar-refractivity contribution in [1.82, 2.24) is 0 Å². The van der Waals surface area contributed by atoms with Crippen LogP contribution in [-0.4, -0.2) is 26.7 Å². The number of ether oxygens (including phenoxy) is 1. The molecule has 6 heteroatoms. The molecule has 3 rings (SSSR count). The predicted molar refractivity (Wildman–Crippen MR) is 62.4 cm³/mol. The lowest BCUT2D eigenvalue weighted by atomic mass is 9.91. The van der Waals surface area contributed by atoms with Crippen LogP contribution in [-0.2, 0) is 20.2 Å². The van der Waals surface area contributed by atoms with E-state index in [2.05, 4.69) is 4.99 Å². The molecule has 1 unspecified atom stereocenters. The number of fused-ring (bicyclic) bond motifs is 2. The van der Waals surface area contributed by atoms with Crippen molar-refractivity contribution in [3.05, 3.63) is 29.8 Å². The normalized spacial score (nSPS) is 29.5. The van der Waals surface area contributed by atoms with Crippen LogP contribution in [0.4, 0.5) is 0 Å². The smallest absolute Gasteiger partial charge is 0.283 e. The summed E-state index contributed by atoms with van der Waals surface area (Å²) in [5.41, 5.74) is 5.55. The summed E-state index contributed by atoms with van der Waals surface area (Å²) in [5.74, 6) is 0.0762. The molecule has 1 spiro atoms. The van der Waals surface area contributed by atoms with Crippen molar-refractivity contribution < 1.29 is 13.2 Å². The van der Waals surface area contributed by atoms with E-state index in [1.165, 1.54) is 0 Å². The molecule has 0 aromatic heterocycles. The van der Waals surface area contributed by atoms with Crippen molar-refractivity contribution in [2.75, 3.05) is 12.3 Å². The third-order valence-corrected chi connectivity index (χ3v) is 5.05. The van der Waals surface area contributed by atoms with E-state index in [0.717, 1.165) is 0 Å². The third-order valence-electron chi connectivity index (χ3n) is 3.28. The van der Waals surface area contributed by atoms with Gasteiger partial charge in [-0.1, -0.05) is 18.2 Å². The van der Waals surface area contributed by atoms with Gasteiger partial charge in [0.1, 0.15) is 0 Å². The molecule has 0 saturated heterocycles. The number of sulfone groups is 1. The first kappa shape index (κ1) is 10.6. The van der Waals surface area contributed by atoms with Gasteiger partial charge in [-0.2, -0.15) is 0 Å². The molecule has 2 aliphatic heterocycles. The van der Waals surface area contributed by atoms with Gasteiger partial charge in [0.25, 0.3) is 6.02 Å². The number of nitrogens with two attached hydrogens (primary N) is 1. The molecule has 1 aromatic carbocycles. The Balaban J connectivity index is 2.19. The summed E-state index contributed by atoms with van der Waals surface area (Å²) < 4.78 is 29.5. The van der Waals surface area contributed by atoms with Gasteiger partial charge >= 0.3 is 0 Å². The van der Waals surface area contributed by atoms with Gasteiger partial charge in [0, 0.05) is 12.0 Å². The monoisotopic (exact) mass is 252 g/mol. The Kier molecular flexibility index (Phi) is 2.01. The Bertz CT molecular complexity index is 609. The molecule has 0 radical (unpaired) electrons. The molecular weight excluding hydrogens is 240 g/mol. The fourth-order valence-electron chi connectivity index (χ4n) is 2.40. The van der Waals surface area contributed by atoms with E-state index < -0.39 is 15.4 Å². The van der Waals surface area contributed by atoms with Gasteiger partial charge in [0.05, 0.1) is 17.2 Å². The first-order valence-corrected chi connectivity index (χ1v) is 7.00. The van der Waals surface area contributed by atoms with Crippen LogP contribution >= 0.6 is 0 Å². The number of rotatable bonds is 0. The summed E-state index contributed by atoms with van der Waals surface area (Å²) in [6, 6.07) is 7.05. The predicted octanol–water partition coefficient (Wildman–Crippen LogP) is 0.404. The maximum Gasteiger partial charge on any atom is 0.283 e. The summed E-state index contributed by atoms with van der Waals surface area (Å²) in [4.78, 5) is 4.38. The minimum Gasteiger partial charge on any atom is -0.452 e. The molecule has 1 aromatic rings. The van der Waals surface area contributed by atoms with Gasteiger partial charge in [-0.15, -0.1) is 0 Å². The zero-order chi connectivity index (χ0) is 12.1. The lowest BCUT2D eigenvalue weighted by molar-refractivity contribution is 0.0743. The van der Waals surface area contributed by atoms with Gasteiger partial charge < -0.3 is 10.5 Å². The standard InChI is InChI=1S/C11H12N2O3S/c12-10-13-7-11(16-10)5-6-17(14,15)9-4-2-1-3-8(9)11/h1-4H,5-7H2,(H2,12,13). The van der Waals surface area contributed by atoms with Crippen molar-refractivity contribution >= 4 is 15.9 Å². The van der Waals surface area contributed by atoms with E-state index >= 15 is 0 Å². The van der Waals surface area contributed by atoms with Crippen LogP contribution in [0, 0.1) is 0 Å². The molecule has 0 saturated carbocycles. The fourth-order valence-corrected chi connectivity index (χ4v) is 4.09. The molecule has 2 heterocycles. The van der Waals surface area contributed by atoms with E-state index in [1.54, 1.807) is 24.3 Å². The van der Waals surface area contributed by atoms with Crippen LogP contribution in [0.1, 0.15) is 12.0 Å². The number of hydrogen-bond acceptors (Lipinski definition) is 5. The molecular formula is C11H12N2O3S. The van der Waals surface area contributed by atoms with Gasteiger partial charge in [0.15, 0.2) is 15.4 Å². The largest absolute Gasteiger partial charge is 0.452 e. The van der Waals surface area contributed by atoms with E-state index in [9.17, 15) is 8.42 Å². The molecule has 2 aliphatic rings. The number of hydrogen-bond donors (Lipinski definition) is 1. The summed E-state index contributed by atoms with van der Waals surface area (Å²) in [6.07, 6.45) is 0.399. The molecule has 90 valence electrons. The fraction of sp³-hybridized carbons (Fsp3) is 0.364. The molecule has 0 amide bonds. The van der Waals surface area contributed by atoms with E-state index in [-0.39, 0.29) is 11.8 Å². The lowest BCUT2D eigenvalue weighted by Gasteiger charge is -2.33. The zero-order valence-electron chi connectivity index (χ0n) is 9.09. The summed E-state index contributed by atoms with van der Waals surface area (Å²) >= 11 is 0. The van der Waals surface area contributed by atoms with Crippen LogP contribution in [0.2, 0.25) is 0 Å². The van der Waals surface area contributed by atoms with E-state index in [4.69, 9.17) is 10.5 Å². The molecule has 5 nitrogen and oxygen atoms in total. The highest BCUT2D eigenvalue weighted by Gasteiger charge is 2.46. The Morgan fingerprint density at radius 3 is 2.82 bits per heavy atom. The average molecular weight is 252 g/mol. The Labute approximate surface area is 99.2 Å². The number of benzene rings is 1. The maximum atomic E-state index is 12.0. The van der Waals surface area contributed by atoms with Crippen molar-refractivity contribution in [3.8, 4) is 0 Å². The van der Waals surface area contributed by atoms with Crippen molar-refractivity contribution in [2.45, 2.75) is 16.9 Å². The second-order valence-corrected chi connectivity index (χ2v) is 6.39. The number of aliphatic imine (C=N–C) groups is 1. The first-order chi connectivity index (χ1) is 8.04. The molecule has 1 atom stereocenters. The van der Waals surface area contributed by atoms with Gasteiger partial charge in [0.2, 0.25) is 0 Å². The molecule has 2 N–H and O–H groups in total. The van der Waals surface area contributed by atoms with Crippen molar-refractivity contribution in [1.29, 1.82) is 0 Å². The molecule has 0 bridgehead atoms. The zero-order valence-corrected chi connectivity index (χ0v) is 9.90. The topological polar surface area (TPSA) is 81.8 Å². The third kappa shape index (κ3) is 1.44. The van der Waals surface area contributed by atoms with Crippen LogP contribution in [0.5, 0.6) is 0 Å². The van der Waals surface area contributed by atoms with Crippen molar-refractivity contribution in [2.24, 2.45) is 10.7 Å². The second kappa shape index (κ2) is 3.22. The Hall–Kier alpha value is -1.56. The summed E-state index contributed by atoms with van der Waals surface area (Å²) in [5, 5.41) is 0. The maximum absolute atomic E-state index is 12.0. The average Bonchev–Trinajstić information content (AvgIpc) is 2.69. The Morgan fingerprint density at radius 2 is 2.12 bits per heavy atom. The van der Waals surface area contributed by atoms with Gasteiger partial charge in [-0.05, 0) is 6.07 Å². The molecule has 0 aliphatic carbocycles. The highest BCUT2D eigenvalue weighted by Crippen LogP contribution is 2.41. The summed E-state index contributed by atoms with van der Waals surface area (Å²) in [7, 11) is -3.19. The van der Waals surface area contributed by atoms with Crippen LogP contribution in [0.15, 0.2) is 34.2 Å². The van der Waals surface area contributed by atoms with Crippen LogP contribution in [0.25, 0.3) is 0 Å². The highest BCUT2D eigenvalue weighted by molar-refractivity contribution is 7.91. The lowest BCUT2D eigenvalue weighted by Crippen LogP contribution is -2.39. The Morgan fingerprint density at radius 1 is 1.35 bits per heavy atom. The van der Waals surface area contributed by atoms with E-state index in [1.807, 2.05) is 0 Å². The number of amidine groups is 1. The SMILES string of the molecule is NC1=NCC2(CCS(=O)(=O)c3ccccc32)O1. The van der Waals surface area contributed by atoms with Gasteiger partial charge in [-0.25, -0.2) is 13.4 Å². The van der Waals surface area contributed by atoms with Gasteiger partial charge in [-0.3, -0.25) is 0 Å². The van der Waals surface area contributed by atoms with Crippen LogP contribution in [0.3, 0.4) is 0 Å². The highest BCUT2D eigenvalue weighted by atomic mass is 32.2. The number of nitrogens with zero attached hydrogens (tertiary/aromatic N) is 1. The molecule has 0 fully saturated rings. The van der Waals surface area contributed by atoms with Crippen molar-refractivity contribution in [3.63, 3.8) is 0 Å². The van der Waals surface area contributed by atoms with Crippen LogP contribution < -0.4 is 5.73 Å².